The molecule has 1 aliphatic carbocycles. The molecule has 0 bridgehead atoms. The summed E-state index contributed by atoms with van der Waals surface area (Å²) in [7, 11) is 1.72. The maximum Gasteiger partial charge on any atom is 0.320 e. The van der Waals surface area contributed by atoms with Crippen LogP contribution in [-0.4, -0.2) is 48.2 Å². The van der Waals surface area contributed by atoms with Gasteiger partial charge in [-0.15, -0.1) is 0 Å². The summed E-state index contributed by atoms with van der Waals surface area (Å²) in [6.45, 7) is 6.48. The Morgan fingerprint density at radius 2 is 1.94 bits per heavy atom. The van der Waals surface area contributed by atoms with Crippen molar-refractivity contribution >= 4 is 5.97 Å². The fourth-order valence-corrected chi connectivity index (χ4v) is 2.03. The number of carboxylic acids is 1. The van der Waals surface area contributed by atoms with Gasteiger partial charge in [0.25, 0.3) is 0 Å². The summed E-state index contributed by atoms with van der Waals surface area (Å²) in [5.41, 5.74) is 0. The molecule has 1 aliphatic rings. The first-order chi connectivity index (χ1) is 8.04. The lowest BCUT2D eigenvalue weighted by molar-refractivity contribution is -0.139. The molecule has 0 aromatic heterocycles. The van der Waals surface area contributed by atoms with Crippen LogP contribution in [-0.2, 0) is 4.79 Å². The smallest absolute Gasteiger partial charge is 0.320 e. The van der Waals surface area contributed by atoms with Crippen LogP contribution in [0.25, 0.3) is 0 Å². The Kier molecular flexibility index (Phi) is 5.92. The predicted octanol–water partition coefficient (Wildman–Crippen LogP) is 1.56. The maximum absolute atomic E-state index is 10.9. The quantitative estimate of drug-likeness (QED) is 0.644. The predicted molar refractivity (Wildman–Crippen MR) is 69.2 cm³/mol. The van der Waals surface area contributed by atoms with Gasteiger partial charge < -0.3 is 15.3 Å². The number of likely N-dealkylation sites (N-methyl/N-ethyl adjacent to an activating group) is 1. The minimum absolute atomic E-state index is 0.407. The van der Waals surface area contributed by atoms with Crippen LogP contribution in [0.5, 0.6) is 0 Å². The molecule has 4 heteroatoms. The van der Waals surface area contributed by atoms with E-state index in [1.165, 1.54) is 19.3 Å². The minimum atomic E-state index is -0.743. The third-order valence-corrected chi connectivity index (χ3v) is 3.41. The Balaban J connectivity index is 2.31. The Morgan fingerprint density at radius 1 is 1.35 bits per heavy atom. The topological polar surface area (TPSA) is 52.6 Å². The monoisotopic (exact) mass is 242 g/mol. The van der Waals surface area contributed by atoms with Gasteiger partial charge in [0.15, 0.2) is 0 Å². The van der Waals surface area contributed by atoms with Crippen molar-refractivity contribution in [3.05, 3.63) is 0 Å². The van der Waals surface area contributed by atoms with Crippen LogP contribution in [0.4, 0.5) is 0 Å². The van der Waals surface area contributed by atoms with Crippen LogP contribution in [0.3, 0.4) is 0 Å². The molecule has 0 aromatic carbocycles. The number of carbonyl (C=O) groups is 1. The van der Waals surface area contributed by atoms with Crippen molar-refractivity contribution in [1.29, 1.82) is 0 Å². The molecule has 100 valence electrons. The molecule has 2 N–H and O–H groups in total. The van der Waals surface area contributed by atoms with E-state index in [1.807, 2.05) is 0 Å². The zero-order chi connectivity index (χ0) is 12.8. The molecule has 0 radical (unpaired) electrons. The second kappa shape index (κ2) is 6.97. The summed E-state index contributed by atoms with van der Waals surface area (Å²) in [5.74, 6) is -0.0251. The van der Waals surface area contributed by atoms with Crippen LogP contribution in [0.1, 0.15) is 39.5 Å². The molecule has 1 saturated carbocycles. The minimum Gasteiger partial charge on any atom is -0.480 e. The van der Waals surface area contributed by atoms with Crippen molar-refractivity contribution in [3.63, 3.8) is 0 Å². The van der Waals surface area contributed by atoms with Crippen LogP contribution < -0.4 is 5.32 Å². The molecule has 0 spiro atoms. The van der Waals surface area contributed by atoms with E-state index in [2.05, 4.69) is 24.1 Å². The van der Waals surface area contributed by atoms with E-state index < -0.39 is 12.0 Å². The summed E-state index contributed by atoms with van der Waals surface area (Å²) in [6.07, 6.45) is 4.47. The van der Waals surface area contributed by atoms with E-state index in [1.54, 1.807) is 7.05 Å². The number of hydrogen-bond acceptors (Lipinski definition) is 3. The molecule has 1 atom stereocenters. The SMILES string of the molecule is CNC(CCN(CCC(C)C)C1CC1)C(=O)O. The Morgan fingerprint density at radius 3 is 2.35 bits per heavy atom. The fourth-order valence-electron chi connectivity index (χ4n) is 2.03. The fraction of sp³-hybridized carbons (Fsp3) is 0.923. The van der Waals surface area contributed by atoms with Gasteiger partial charge in [-0.05, 0) is 45.2 Å². The molecule has 0 aromatic rings. The lowest BCUT2D eigenvalue weighted by Gasteiger charge is -2.24. The third-order valence-electron chi connectivity index (χ3n) is 3.41. The van der Waals surface area contributed by atoms with Crippen LogP contribution >= 0.6 is 0 Å². The van der Waals surface area contributed by atoms with Crippen LogP contribution in [0, 0.1) is 5.92 Å². The zero-order valence-electron chi connectivity index (χ0n) is 11.3. The van der Waals surface area contributed by atoms with Crippen LogP contribution in [0.15, 0.2) is 0 Å². The first-order valence-corrected chi connectivity index (χ1v) is 6.68. The van der Waals surface area contributed by atoms with Gasteiger partial charge in [0.1, 0.15) is 6.04 Å². The number of aliphatic carboxylic acids is 1. The van der Waals surface area contributed by atoms with Crippen molar-refractivity contribution in [2.45, 2.75) is 51.6 Å². The number of hydrogen-bond donors (Lipinski definition) is 2. The average molecular weight is 242 g/mol. The van der Waals surface area contributed by atoms with Gasteiger partial charge in [0, 0.05) is 12.6 Å². The van der Waals surface area contributed by atoms with Gasteiger partial charge in [-0.3, -0.25) is 4.79 Å². The number of nitrogens with one attached hydrogen (secondary N) is 1. The first-order valence-electron chi connectivity index (χ1n) is 6.68. The Labute approximate surface area is 104 Å². The Hall–Kier alpha value is -0.610. The zero-order valence-corrected chi connectivity index (χ0v) is 11.3. The van der Waals surface area contributed by atoms with E-state index in [4.69, 9.17) is 5.11 Å². The molecule has 1 rings (SSSR count). The highest BCUT2D eigenvalue weighted by molar-refractivity contribution is 5.73. The van der Waals surface area contributed by atoms with Crippen molar-refractivity contribution < 1.29 is 9.90 Å². The molecule has 0 aliphatic heterocycles. The van der Waals surface area contributed by atoms with Crippen molar-refractivity contribution in [2.24, 2.45) is 5.92 Å². The molecular formula is C13H26N2O2. The van der Waals surface area contributed by atoms with E-state index in [-0.39, 0.29) is 0 Å². The lowest BCUT2D eigenvalue weighted by Crippen LogP contribution is -2.39. The largest absolute Gasteiger partial charge is 0.480 e. The normalized spacial score (nSPS) is 17.7. The van der Waals surface area contributed by atoms with Gasteiger partial charge in [-0.2, -0.15) is 0 Å². The van der Waals surface area contributed by atoms with Crippen molar-refractivity contribution in [3.8, 4) is 0 Å². The highest BCUT2D eigenvalue weighted by atomic mass is 16.4. The molecule has 1 fully saturated rings. The molecule has 17 heavy (non-hydrogen) atoms. The molecule has 4 nitrogen and oxygen atoms in total. The summed E-state index contributed by atoms with van der Waals surface area (Å²) >= 11 is 0. The standard InChI is InChI=1S/C13H26N2O2/c1-10(2)6-8-15(11-4-5-11)9-7-12(14-3)13(16)17/h10-12,14H,4-9H2,1-3H3,(H,16,17). The van der Waals surface area contributed by atoms with E-state index in [9.17, 15) is 4.79 Å². The van der Waals surface area contributed by atoms with Gasteiger partial charge >= 0.3 is 5.97 Å². The van der Waals surface area contributed by atoms with Gasteiger partial charge in [0.05, 0.1) is 0 Å². The van der Waals surface area contributed by atoms with Crippen LogP contribution in [0.2, 0.25) is 0 Å². The lowest BCUT2D eigenvalue weighted by atomic mass is 10.1. The summed E-state index contributed by atoms with van der Waals surface area (Å²) in [4.78, 5) is 13.4. The summed E-state index contributed by atoms with van der Waals surface area (Å²) < 4.78 is 0. The summed E-state index contributed by atoms with van der Waals surface area (Å²) in [6, 6.07) is 0.315. The number of nitrogens with zero attached hydrogens (tertiary/aromatic N) is 1. The first kappa shape index (κ1) is 14.5. The highest BCUT2D eigenvalue weighted by Crippen LogP contribution is 2.27. The number of carboxylic acid groups (broad SMARTS) is 1. The number of rotatable bonds is 9. The van der Waals surface area contributed by atoms with E-state index in [0.29, 0.717) is 6.42 Å². The summed E-state index contributed by atoms with van der Waals surface area (Å²) in [5, 5.41) is 11.8. The highest BCUT2D eigenvalue weighted by Gasteiger charge is 2.29. The third kappa shape index (κ3) is 5.50. The average Bonchev–Trinajstić information content (AvgIpc) is 3.06. The Bertz CT molecular complexity index is 240. The van der Waals surface area contributed by atoms with Crippen molar-refractivity contribution in [1.82, 2.24) is 10.2 Å². The van der Waals surface area contributed by atoms with E-state index in [0.717, 1.165) is 25.0 Å². The second-order valence-corrected chi connectivity index (χ2v) is 5.42. The van der Waals surface area contributed by atoms with Gasteiger partial charge in [0.2, 0.25) is 0 Å². The molecule has 1 unspecified atom stereocenters. The molecule has 0 heterocycles. The van der Waals surface area contributed by atoms with Crippen molar-refractivity contribution in [2.75, 3.05) is 20.1 Å². The van der Waals surface area contributed by atoms with Gasteiger partial charge in [-0.1, -0.05) is 13.8 Å². The van der Waals surface area contributed by atoms with E-state index >= 15 is 0 Å². The molecule has 0 amide bonds. The van der Waals surface area contributed by atoms with Gasteiger partial charge in [-0.25, -0.2) is 0 Å². The second-order valence-electron chi connectivity index (χ2n) is 5.42. The molecular weight excluding hydrogens is 216 g/mol. The molecule has 0 saturated heterocycles. The maximum atomic E-state index is 10.9.